The van der Waals surface area contributed by atoms with Crippen molar-refractivity contribution < 1.29 is 12.8 Å². The summed E-state index contributed by atoms with van der Waals surface area (Å²) in [6.45, 7) is 0.426. The molecule has 0 fully saturated rings. The third-order valence-corrected chi connectivity index (χ3v) is 5.08. The summed E-state index contributed by atoms with van der Waals surface area (Å²) in [7, 11) is -3.80. The van der Waals surface area contributed by atoms with Crippen molar-refractivity contribution >= 4 is 21.6 Å². The van der Waals surface area contributed by atoms with E-state index in [1.165, 1.54) is 0 Å². The van der Waals surface area contributed by atoms with Crippen molar-refractivity contribution in [3.8, 4) is 11.6 Å². The van der Waals surface area contributed by atoms with Gasteiger partial charge in [0.1, 0.15) is 5.82 Å². The Morgan fingerprint density at radius 1 is 1.16 bits per heavy atom. The molecule has 1 aromatic carbocycles. The molecule has 1 N–H and O–H groups in total. The second-order valence-corrected chi connectivity index (χ2v) is 7.16. The highest BCUT2D eigenvalue weighted by molar-refractivity contribution is 7.89. The maximum Gasteiger partial charge on any atom is 0.240 e. The molecule has 0 atom stereocenters. The first-order valence-corrected chi connectivity index (χ1v) is 9.07. The molecule has 0 aliphatic carbocycles. The average Bonchev–Trinajstić information content (AvgIpc) is 3.06. The second kappa shape index (κ2) is 7.26. The number of aromatic nitrogens is 4. The highest BCUT2D eigenvalue weighted by Crippen LogP contribution is 2.19. The van der Waals surface area contributed by atoms with Crippen molar-refractivity contribution in [1.82, 2.24) is 24.2 Å². The van der Waals surface area contributed by atoms with Gasteiger partial charge in [-0.05, 0) is 24.3 Å². The zero-order chi connectivity index (χ0) is 17.9. The van der Waals surface area contributed by atoms with Gasteiger partial charge in [-0.2, -0.15) is 0 Å². The number of rotatable bonds is 6. The molecule has 3 rings (SSSR count). The third kappa shape index (κ3) is 4.01. The molecule has 0 bridgehead atoms. The maximum absolute atomic E-state index is 13.2. The lowest BCUT2D eigenvalue weighted by Gasteiger charge is -2.09. The number of nitrogens with one attached hydrogen (secondary N) is 1. The van der Waals surface area contributed by atoms with Gasteiger partial charge in [0.05, 0.1) is 9.92 Å². The third-order valence-electron chi connectivity index (χ3n) is 3.33. The molecule has 0 spiro atoms. The lowest BCUT2D eigenvalue weighted by Crippen LogP contribution is -2.27. The van der Waals surface area contributed by atoms with E-state index >= 15 is 0 Å². The Balaban J connectivity index is 1.69. The molecule has 0 aliphatic rings. The lowest BCUT2D eigenvalue weighted by atomic mass is 10.3. The summed E-state index contributed by atoms with van der Waals surface area (Å²) in [5, 5.41) is -0.249. The summed E-state index contributed by atoms with van der Waals surface area (Å²) in [6, 6.07) is 4.93. The molecule has 0 saturated carbocycles. The Kier molecular flexibility index (Phi) is 5.07. The van der Waals surface area contributed by atoms with Crippen molar-refractivity contribution in [3.05, 3.63) is 59.9 Å². The Hall–Kier alpha value is -2.36. The van der Waals surface area contributed by atoms with Gasteiger partial charge < -0.3 is 4.57 Å². The van der Waals surface area contributed by atoms with Crippen LogP contribution in [0.5, 0.6) is 0 Å². The molecule has 130 valence electrons. The normalized spacial score (nSPS) is 11.6. The maximum atomic E-state index is 13.2. The van der Waals surface area contributed by atoms with Crippen molar-refractivity contribution in [2.45, 2.75) is 11.4 Å². The topological polar surface area (TPSA) is 89.8 Å². The summed E-state index contributed by atoms with van der Waals surface area (Å²) in [6.07, 6.45) is 6.49. The van der Waals surface area contributed by atoms with E-state index in [2.05, 4.69) is 19.7 Å². The van der Waals surface area contributed by atoms with Crippen LogP contribution in [0.1, 0.15) is 0 Å². The van der Waals surface area contributed by atoms with E-state index in [-0.39, 0.29) is 16.5 Å². The summed E-state index contributed by atoms with van der Waals surface area (Å²) in [5.74, 6) is 0.303. The van der Waals surface area contributed by atoms with E-state index in [4.69, 9.17) is 11.6 Å². The highest BCUT2D eigenvalue weighted by atomic mass is 35.5. The van der Waals surface area contributed by atoms with Crippen molar-refractivity contribution in [1.29, 1.82) is 0 Å². The van der Waals surface area contributed by atoms with Crippen LogP contribution in [0.4, 0.5) is 4.39 Å². The quantitative estimate of drug-likeness (QED) is 0.706. The second-order valence-electron chi connectivity index (χ2n) is 4.99. The van der Waals surface area contributed by atoms with Crippen LogP contribution < -0.4 is 4.72 Å². The standard InChI is InChI=1S/C15H13ClFN5O2S/c16-12-10-11(2-3-13(12)17)25(23,24)21-7-9-22-8-6-20-15(22)14-18-4-1-5-19-14/h1-6,8,10,21H,7,9H2. The van der Waals surface area contributed by atoms with Crippen LogP contribution in [0.15, 0.2) is 53.9 Å². The number of halogens is 2. The monoisotopic (exact) mass is 381 g/mol. The van der Waals surface area contributed by atoms with Crippen LogP contribution in [-0.2, 0) is 16.6 Å². The van der Waals surface area contributed by atoms with E-state index in [0.29, 0.717) is 18.2 Å². The van der Waals surface area contributed by atoms with Gasteiger partial charge in [-0.1, -0.05) is 11.6 Å². The van der Waals surface area contributed by atoms with Crippen molar-refractivity contribution in [2.75, 3.05) is 6.54 Å². The summed E-state index contributed by atoms with van der Waals surface area (Å²) in [4.78, 5) is 12.3. The SMILES string of the molecule is O=S(=O)(NCCn1ccnc1-c1ncccn1)c1ccc(F)c(Cl)c1. The van der Waals surface area contributed by atoms with E-state index in [1.54, 1.807) is 35.4 Å². The van der Waals surface area contributed by atoms with Crippen molar-refractivity contribution in [2.24, 2.45) is 0 Å². The molecule has 10 heteroatoms. The fourth-order valence-corrected chi connectivity index (χ4v) is 3.43. The first-order valence-electron chi connectivity index (χ1n) is 7.20. The minimum atomic E-state index is -3.80. The van der Waals surface area contributed by atoms with Gasteiger partial charge in [-0.15, -0.1) is 0 Å². The minimum absolute atomic E-state index is 0.101. The van der Waals surface area contributed by atoms with Crippen LogP contribution in [0, 0.1) is 5.82 Å². The first-order chi connectivity index (χ1) is 12.0. The lowest BCUT2D eigenvalue weighted by molar-refractivity contribution is 0.572. The fourth-order valence-electron chi connectivity index (χ4n) is 2.14. The van der Waals surface area contributed by atoms with Gasteiger partial charge in [-0.3, -0.25) is 0 Å². The predicted molar refractivity (Wildman–Crippen MR) is 89.9 cm³/mol. The predicted octanol–water partition coefficient (Wildman–Crippen LogP) is 2.11. The van der Waals surface area contributed by atoms with Crippen molar-refractivity contribution in [3.63, 3.8) is 0 Å². The van der Waals surface area contributed by atoms with Crippen LogP contribution in [0.25, 0.3) is 11.6 Å². The van der Waals surface area contributed by atoms with E-state index < -0.39 is 15.8 Å². The molecule has 25 heavy (non-hydrogen) atoms. The number of benzene rings is 1. The number of sulfonamides is 1. The fraction of sp³-hybridized carbons (Fsp3) is 0.133. The molecule has 0 radical (unpaired) electrons. The molecular formula is C15H13ClFN5O2S. The highest BCUT2D eigenvalue weighted by Gasteiger charge is 2.16. The Bertz CT molecular complexity index is 979. The van der Waals surface area contributed by atoms with Gasteiger partial charge in [0.15, 0.2) is 11.6 Å². The number of imidazole rings is 1. The molecular weight excluding hydrogens is 369 g/mol. The van der Waals surface area contributed by atoms with Gasteiger partial charge in [0, 0.05) is 37.9 Å². The van der Waals surface area contributed by atoms with Crippen LogP contribution in [-0.4, -0.2) is 34.5 Å². The molecule has 2 heterocycles. The zero-order valence-electron chi connectivity index (χ0n) is 12.8. The Labute approximate surface area is 148 Å². The van der Waals surface area contributed by atoms with Gasteiger partial charge >= 0.3 is 0 Å². The minimum Gasteiger partial charge on any atom is -0.327 e. The number of hydrogen-bond acceptors (Lipinski definition) is 5. The van der Waals surface area contributed by atoms with Gasteiger partial charge in [-0.25, -0.2) is 32.5 Å². The molecule has 0 amide bonds. The summed E-state index contributed by atoms with van der Waals surface area (Å²) >= 11 is 5.63. The Morgan fingerprint density at radius 3 is 2.64 bits per heavy atom. The van der Waals surface area contributed by atoms with Crippen LogP contribution in [0.3, 0.4) is 0 Å². The smallest absolute Gasteiger partial charge is 0.240 e. The largest absolute Gasteiger partial charge is 0.327 e. The van der Waals surface area contributed by atoms with Crippen LogP contribution in [0.2, 0.25) is 5.02 Å². The number of nitrogens with zero attached hydrogens (tertiary/aromatic N) is 4. The summed E-state index contributed by atoms with van der Waals surface area (Å²) in [5.41, 5.74) is 0. The molecule has 0 aliphatic heterocycles. The zero-order valence-corrected chi connectivity index (χ0v) is 14.4. The molecule has 7 nitrogen and oxygen atoms in total. The summed E-state index contributed by atoms with van der Waals surface area (Å²) < 4.78 is 41.8. The average molecular weight is 382 g/mol. The van der Waals surface area contributed by atoms with Crippen LogP contribution >= 0.6 is 11.6 Å². The van der Waals surface area contributed by atoms with Gasteiger partial charge in [0.2, 0.25) is 10.0 Å². The molecule has 0 unspecified atom stereocenters. The van der Waals surface area contributed by atoms with E-state index in [9.17, 15) is 12.8 Å². The van der Waals surface area contributed by atoms with E-state index in [0.717, 1.165) is 18.2 Å². The molecule has 2 aromatic heterocycles. The number of hydrogen-bond donors (Lipinski definition) is 1. The molecule has 3 aromatic rings. The Morgan fingerprint density at radius 2 is 1.92 bits per heavy atom. The van der Waals surface area contributed by atoms with E-state index in [1.807, 2.05) is 0 Å². The van der Waals surface area contributed by atoms with Gasteiger partial charge in [0.25, 0.3) is 0 Å². The first kappa shape index (κ1) is 17.5. The molecule has 0 saturated heterocycles.